The van der Waals surface area contributed by atoms with Crippen LogP contribution in [0.1, 0.15) is 6.92 Å². The van der Waals surface area contributed by atoms with Crippen LogP contribution < -0.4 is 10.5 Å². The molecule has 90 valence electrons. The maximum absolute atomic E-state index is 11.6. The number of carbonyl (C=O) groups is 1. The van der Waals surface area contributed by atoms with Crippen molar-refractivity contribution in [3.05, 3.63) is 6.20 Å². The number of nitrogen functional groups attached to an aromatic ring is 1. The number of carbonyl (C=O) groups excluding carboxylic acids is 1. The van der Waals surface area contributed by atoms with Crippen LogP contribution in [-0.2, 0) is 19.6 Å². The van der Waals surface area contributed by atoms with Crippen LogP contribution >= 0.6 is 11.3 Å². The van der Waals surface area contributed by atoms with E-state index < -0.39 is 16.0 Å². The molecule has 9 heteroatoms. The van der Waals surface area contributed by atoms with Gasteiger partial charge in [-0.2, -0.15) is 0 Å². The summed E-state index contributed by atoms with van der Waals surface area (Å²) in [7, 11) is -3.60. The summed E-state index contributed by atoms with van der Waals surface area (Å²) in [5.41, 5.74) is 5.32. The molecule has 0 radical (unpaired) electrons. The Labute approximate surface area is 96.7 Å². The highest BCUT2D eigenvalue weighted by Gasteiger charge is 2.16. The van der Waals surface area contributed by atoms with Gasteiger partial charge in [0.15, 0.2) is 9.34 Å². The van der Waals surface area contributed by atoms with Gasteiger partial charge in [0.05, 0.1) is 6.20 Å². The van der Waals surface area contributed by atoms with Crippen LogP contribution in [0.4, 0.5) is 5.13 Å². The Kier molecular flexibility index (Phi) is 4.21. The van der Waals surface area contributed by atoms with E-state index in [1.54, 1.807) is 0 Å². The fraction of sp³-hybridized carbons (Fsp3) is 0.429. The molecule has 0 fully saturated rings. The summed E-state index contributed by atoms with van der Waals surface area (Å²) < 4.78 is 30.0. The molecule has 3 N–H and O–H groups in total. The maximum atomic E-state index is 11.6. The Balaban J connectivity index is 2.50. The van der Waals surface area contributed by atoms with Gasteiger partial charge in [-0.1, -0.05) is 11.3 Å². The normalized spacial score (nSPS) is 11.3. The molecular weight excluding hydrogens is 254 g/mol. The molecule has 1 aromatic heterocycles. The molecule has 0 aliphatic heterocycles. The standard InChI is InChI=1S/C7H11N3O4S2/c1-5(11)14-3-2-10-16(12,13)6-4-9-7(8)15-6/h4,10H,2-3H2,1H3,(H2,8,9). The summed E-state index contributed by atoms with van der Waals surface area (Å²) in [4.78, 5) is 14.0. The number of hydrogen-bond acceptors (Lipinski definition) is 7. The number of rotatable bonds is 5. The minimum atomic E-state index is -3.60. The highest BCUT2D eigenvalue weighted by Crippen LogP contribution is 2.19. The van der Waals surface area contributed by atoms with Gasteiger partial charge in [-0.05, 0) is 0 Å². The van der Waals surface area contributed by atoms with E-state index in [2.05, 4.69) is 14.4 Å². The molecule has 0 saturated carbocycles. The first kappa shape index (κ1) is 12.9. The molecule has 1 aromatic rings. The van der Waals surface area contributed by atoms with Crippen LogP contribution in [0.15, 0.2) is 10.4 Å². The number of nitrogens with zero attached hydrogens (tertiary/aromatic N) is 1. The number of thiazole rings is 1. The van der Waals surface area contributed by atoms with Gasteiger partial charge in [0.1, 0.15) is 6.61 Å². The zero-order valence-corrected chi connectivity index (χ0v) is 10.1. The Bertz CT molecular complexity index is 468. The fourth-order valence-electron chi connectivity index (χ4n) is 0.838. The first-order valence-electron chi connectivity index (χ1n) is 4.26. The second-order valence-corrected chi connectivity index (χ2v) is 5.81. The minimum Gasteiger partial charge on any atom is -0.464 e. The number of esters is 1. The number of aromatic nitrogens is 1. The lowest BCUT2D eigenvalue weighted by Gasteiger charge is -2.04. The molecule has 16 heavy (non-hydrogen) atoms. The van der Waals surface area contributed by atoms with E-state index in [9.17, 15) is 13.2 Å². The summed E-state index contributed by atoms with van der Waals surface area (Å²) >= 11 is 0.867. The van der Waals surface area contributed by atoms with Gasteiger partial charge in [-0.15, -0.1) is 0 Å². The number of ether oxygens (including phenoxy) is 1. The fourth-order valence-corrected chi connectivity index (χ4v) is 2.81. The van der Waals surface area contributed by atoms with Crippen molar-refractivity contribution in [3.63, 3.8) is 0 Å². The average Bonchev–Trinajstić information content (AvgIpc) is 2.60. The number of anilines is 1. The van der Waals surface area contributed by atoms with Crippen molar-refractivity contribution in [3.8, 4) is 0 Å². The van der Waals surface area contributed by atoms with E-state index in [-0.39, 0.29) is 22.5 Å². The van der Waals surface area contributed by atoms with Gasteiger partial charge in [-0.3, -0.25) is 4.79 Å². The third-order valence-electron chi connectivity index (χ3n) is 1.47. The van der Waals surface area contributed by atoms with Gasteiger partial charge in [0, 0.05) is 13.5 Å². The Morgan fingerprint density at radius 3 is 2.88 bits per heavy atom. The van der Waals surface area contributed by atoms with E-state index in [4.69, 9.17) is 5.73 Å². The van der Waals surface area contributed by atoms with Crippen LogP contribution in [0.2, 0.25) is 0 Å². The van der Waals surface area contributed by atoms with Crippen molar-refractivity contribution < 1.29 is 17.9 Å². The lowest BCUT2D eigenvalue weighted by Crippen LogP contribution is -2.27. The topological polar surface area (TPSA) is 111 Å². The van der Waals surface area contributed by atoms with Crippen LogP contribution in [0.3, 0.4) is 0 Å². The van der Waals surface area contributed by atoms with Crippen molar-refractivity contribution in [2.45, 2.75) is 11.1 Å². The Morgan fingerprint density at radius 2 is 2.38 bits per heavy atom. The molecule has 0 bridgehead atoms. The molecule has 0 aliphatic rings. The quantitative estimate of drug-likeness (QED) is 0.552. The Hall–Kier alpha value is -1.19. The predicted molar refractivity (Wildman–Crippen MR) is 58.3 cm³/mol. The predicted octanol–water partition coefficient (Wildman–Crippen LogP) is -0.433. The van der Waals surface area contributed by atoms with Crippen molar-refractivity contribution in [2.24, 2.45) is 0 Å². The summed E-state index contributed by atoms with van der Waals surface area (Å²) in [6.45, 7) is 1.25. The molecule has 7 nitrogen and oxygen atoms in total. The molecule has 1 rings (SSSR count). The molecule has 0 spiro atoms. The van der Waals surface area contributed by atoms with Crippen LogP contribution in [-0.4, -0.2) is 32.5 Å². The highest BCUT2D eigenvalue weighted by molar-refractivity contribution is 7.91. The lowest BCUT2D eigenvalue weighted by atomic mass is 10.7. The van der Waals surface area contributed by atoms with E-state index >= 15 is 0 Å². The third kappa shape index (κ3) is 3.76. The monoisotopic (exact) mass is 265 g/mol. The maximum Gasteiger partial charge on any atom is 0.302 e. The highest BCUT2D eigenvalue weighted by atomic mass is 32.2. The first-order valence-corrected chi connectivity index (χ1v) is 6.56. The van der Waals surface area contributed by atoms with Gasteiger partial charge < -0.3 is 10.5 Å². The second kappa shape index (κ2) is 5.23. The van der Waals surface area contributed by atoms with Crippen molar-refractivity contribution in [1.29, 1.82) is 0 Å². The van der Waals surface area contributed by atoms with Crippen molar-refractivity contribution >= 4 is 32.5 Å². The van der Waals surface area contributed by atoms with Gasteiger partial charge in [0.2, 0.25) is 0 Å². The molecule has 0 atom stereocenters. The lowest BCUT2D eigenvalue weighted by molar-refractivity contribution is -0.140. The molecule has 0 amide bonds. The van der Waals surface area contributed by atoms with E-state index in [0.717, 1.165) is 11.3 Å². The number of nitrogens with one attached hydrogen (secondary N) is 1. The summed E-state index contributed by atoms with van der Waals surface area (Å²) in [5.74, 6) is -0.457. The summed E-state index contributed by atoms with van der Waals surface area (Å²) in [6.07, 6.45) is 1.17. The molecule has 0 aromatic carbocycles. The summed E-state index contributed by atoms with van der Waals surface area (Å²) in [6, 6.07) is 0. The van der Waals surface area contributed by atoms with E-state index in [1.165, 1.54) is 13.1 Å². The number of hydrogen-bond donors (Lipinski definition) is 2. The summed E-state index contributed by atoms with van der Waals surface area (Å²) in [5, 5.41) is 0.181. The van der Waals surface area contributed by atoms with E-state index in [1.807, 2.05) is 0 Å². The zero-order chi connectivity index (χ0) is 12.2. The van der Waals surface area contributed by atoms with Gasteiger partial charge >= 0.3 is 5.97 Å². The van der Waals surface area contributed by atoms with Gasteiger partial charge in [0.25, 0.3) is 10.0 Å². The number of nitrogens with two attached hydrogens (primary N) is 1. The smallest absolute Gasteiger partial charge is 0.302 e. The molecule has 0 aliphatic carbocycles. The minimum absolute atomic E-state index is 0.0111. The Morgan fingerprint density at radius 1 is 1.69 bits per heavy atom. The second-order valence-electron chi connectivity index (χ2n) is 2.76. The number of sulfonamides is 1. The van der Waals surface area contributed by atoms with E-state index in [0.29, 0.717) is 0 Å². The third-order valence-corrected chi connectivity index (χ3v) is 4.22. The van der Waals surface area contributed by atoms with Crippen molar-refractivity contribution in [1.82, 2.24) is 9.71 Å². The molecule has 1 heterocycles. The average molecular weight is 265 g/mol. The molecular formula is C7H11N3O4S2. The van der Waals surface area contributed by atoms with Crippen LogP contribution in [0.5, 0.6) is 0 Å². The van der Waals surface area contributed by atoms with Crippen LogP contribution in [0, 0.1) is 0 Å². The molecule has 0 saturated heterocycles. The van der Waals surface area contributed by atoms with Crippen LogP contribution in [0.25, 0.3) is 0 Å². The van der Waals surface area contributed by atoms with Gasteiger partial charge in [-0.25, -0.2) is 18.1 Å². The van der Waals surface area contributed by atoms with Crippen molar-refractivity contribution in [2.75, 3.05) is 18.9 Å². The largest absolute Gasteiger partial charge is 0.464 e. The zero-order valence-electron chi connectivity index (χ0n) is 8.47. The molecule has 0 unspecified atom stereocenters. The SMILES string of the molecule is CC(=O)OCCNS(=O)(=O)c1cnc(N)s1. The first-order chi connectivity index (χ1) is 7.42.